The highest BCUT2D eigenvalue weighted by Gasteiger charge is 2.61. The van der Waals surface area contributed by atoms with Crippen LogP contribution < -0.4 is 0 Å². The minimum Gasteiger partial charge on any atom is -0.384 e. The largest absolute Gasteiger partial charge is 0.384 e. The van der Waals surface area contributed by atoms with Gasteiger partial charge in [-0.15, -0.1) is 11.3 Å². The standard InChI is InChI=1S/C15H20OS/c1-9-5-6-14(17-9)15(16)8-10-7-13(15)12-4-2-3-11(10)12/h5-6,10-13,16H,2-4,7-8H2,1H3. The number of fused-ring (bicyclic) bond motifs is 5. The highest BCUT2D eigenvalue weighted by molar-refractivity contribution is 7.12. The van der Waals surface area contributed by atoms with Crippen LogP contribution in [0.1, 0.15) is 41.9 Å². The average molecular weight is 248 g/mol. The van der Waals surface area contributed by atoms with Gasteiger partial charge < -0.3 is 5.11 Å². The van der Waals surface area contributed by atoms with Crippen LogP contribution in [0.3, 0.4) is 0 Å². The van der Waals surface area contributed by atoms with E-state index in [9.17, 15) is 5.11 Å². The number of thiophene rings is 1. The SMILES string of the molecule is Cc1ccc(C2(O)CC3CC2C2CCCC32)s1. The molecule has 1 N–H and O–H groups in total. The van der Waals surface area contributed by atoms with Crippen molar-refractivity contribution in [2.24, 2.45) is 23.7 Å². The highest BCUT2D eigenvalue weighted by Crippen LogP contribution is 2.65. The molecule has 4 rings (SSSR count). The molecular formula is C15H20OS. The van der Waals surface area contributed by atoms with Crippen LogP contribution in [0.15, 0.2) is 12.1 Å². The minimum absolute atomic E-state index is 0.463. The van der Waals surface area contributed by atoms with Gasteiger partial charge >= 0.3 is 0 Å². The Balaban J connectivity index is 1.72. The molecule has 17 heavy (non-hydrogen) atoms. The van der Waals surface area contributed by atoms with Gasteiger partial charge in [0, 0.05) is 9.75 Å². The molecule has 1 heterocycles. The van der Waals surface area contributed by atoms with E-state index in [0.29, 0.717) is 5.92 Å². The van der Waals surface area contributed by atoms with E-state index < -0.39 is 5.60 Å². The molecular weight excluding hydrogens is 228 g/mol. The van der Waals surface area contributed by atoms with Crippen molar-refractivity contribution in [2.75, 3.05) is 0 Å². The van der Waals surface area contributed by atoms with Gasteiger partial charge in [-0.3, -0.25) is 0 Å². The van der Waals surface area contributed by atoms with Gasteiger partial charge in [-0.2, -0.15) is 0 Å². The molecule has 0 aromatic carbocycles. The van der Waals surface area contributed by atoms with Crippen LogP contribution in [-0.4, -0.2) is 5.11 Å². The summed E-state index contributed by atoms with van der Waals surface area (Å²) in [6.45, 7) is 2.14. The van der Waals surface area contributed by atoms with Crippen LogP contribution in [0, 0.1) is 30.6 Å². The zero-order valence-corrected chi connectivity index (χ0v) is 11.2. The molecule has 92 valence electrons. The maximum Gasteiger partial charge on any atom is 0.102 e. The average Bonchev–Trinajstić information content (AvgIpc) is 2.95. The highest BCUT2D eigenvalue weighted by atomic mass is 32.1. The summed E-state index contributed by atoms with van der Waals surface area (Å²) in [6.07, 6.45) is 6.55. The third kappa shape index (κ3) is 1.29. The van der Waals surface area contributed by atoms with Gasteiger partial charge in [0.15, 0.2) is 0 Å². The molecule has 0 radical (unpaired) electrons. The van der Waals surface area contributed by atoms with Gasteiger partial charge in [0.05, 0.1) is 0 Å². The van der Waals surface area contributed by atoms with Crippen molar-refractivity contribution in [1.29, 1.82) is 0 Å². The Bertz CT molecular complexity index is 452. The van der Waals surface area contributed by atoms with Gasteiger partial charge in [-0.25, -0.2) is 0 Å². The Morgan fingerprint density at radius 3 is 2.88 bits per heavy atom. The summed E-state index contributed by atoms with van der Waals surface area (Å²) in [6, 6.07) is 4.33. The summed E-state index contributed by atoms with van der Waals surface area (Å²) in [4.78, 5) is 2.58. The molecule has 5 unspecified atom stereocenters. The molecule has 3 fully saturated rings. The van der Waals surface area contributed by atoms with Crippen molar-refractivity contribution in [3.05, 3.63) is 21.9 Å². The van der Waals surface area contributed by atoms with Gasteiger partial charge in [0.1, 0.15) is 5.60 Å². The van der Waals surface area contributed by atoms with Crippen LogP contribution in [0.5, 0.6) is 0 Å². The molecule has 3 saturated carbocycles. The van der Waals surface area contributed by atoms with Crippen molar-refractivity contribution in [3.63, 3.8) is 0 Å². The third-order valence-corrected chi connectivity index (χ3v) is 6.83. The lowest BCUT2D eigenvalue weighted by molar-refractivity contribution is -0.0482. The molecule has 2 bridgehead atoms. The zero-order chi connectivity index (χ0) is 11.6. The fraction of sp³-hybridized carbons (Fsp3) is 0.733. The summed E-state index contributed by atoms with van der Waals surface area (Å²) in [5.41, 5.74) is -0.463. The Labute approximate surface area is 107 Å². The van der Waals surface area contributed by atoms with E-state index >= 15 is 0 Å². The quantitative estimate of drug-likeness (QED) is 0.803. The zero-order valence-electron chi connectivity index (χ0n) is 10.4. The molecule has 0 saturated heterocycles. The normalized spacial score (nSPS) is 47.6. The molecule has 2 heteroatoms. The fourth-order valence-electron chi connectivity index (χ4n) is 5.06. The number of aliphatic hydroxyl groups is 1. The molecule has 0 amide bonds. The predicted octanol–water partition coefficient (Wildman–Crippen LogP) is 3.70. The van der Waals surface area contributed by atoms with Crippen LogP contribution in [0.4, 0.5) is 0 Å². The molecule has 1 aromatic rings. The van der Waals surface area contributed by atoms with Crippen LogP contribution in [-0.2, 0) is 5.60 Å². The summed E-state index contributed by atoms with van der Waals surface area (Å²) in [5.74, 6) is 3.18. The molecule has 0 aliphatic heterocycles. The van der Waals surface area contributed by atoms with E-state index in [1.165, 1.54) is 35.4 Å². The first-order valence-corrected chi connectivity index (χ1v) is 7.79. The summed E-state index contributed by atoms with van der Waals surface area (Å²) >= 11 is 1.81. The number of aryl methyl sites for hydroxylation is 1. The molecule has 0 spiro atoms. The topological polar surface area (TPSA) is 20.2 Å². The monoisotopic (exact) mass is 248 g/mol. The van der Waals surface area contributed by atoms with E-state index in [2.05, 4.69) is 19.1 Å². The smallest absolute Gasteiger partial charge is 0.102 e. The fourth-order valence-corrected chi connectivity index (χ4v) is 6.09. The lowest BCUT2D eigenvalue weighted by Crippen LogP contribution is -2.38. The second kappa shape index (κ2) is 3.36. The number of rotatable bonds is 1. The van der Waals surface area contributed by atoms with Crippen LogP contribution in [0.25, 0.3) is 0 Å². The Hall–Kier alpha value is -0.340. The minimum atomic E-state index is -0.463. The van der Waals surface area contributed by atoms with Crippen molar-refractivity contribution in [1.82, 2.24) is 0 Å². The van der Waals surface area contributed by atoms with E-state index in [-0.39, 0.29) is 0 Å². The lowest BCUT2D eigenvalue weighted by Gasteiger charge is -2.38. The van der Waals surface area contributed by atoms with Gasteiger partial charge in [-0.05, 0) is 68.4 Å². The van der Waals surface area contributed by atoms with E-state index in [4.69, 9.17) is 0 Å². The number of hydrogen-bond acceptors (Lipinski definition) is 2. The Morgan fingerprint density at radius 1 is 1.29 bits per heavy atom. The maximum atomic E-state index is 11.1. The lowest BCUT2D eigenvalue weighted by atomic mass is 9.72. The number of hydrogen-bond donors (Lipinski definition) is 1. The van der Waals surface area contributed by atoms with Crippen LogP contribution in [0.2, 0.25) is 0 Å². The molecule has 1 aromatic heterocycles. The van der Waals surface area contributed by atoms with Crippen molar-refractivity contribution >= 4 is 11.3 Å². The van der Waals surface area contributed by atoms with Gasteiger partial charge in [-0.1, -0.05) is 6.42 Å². The first-order valence-electron chi connectivity index (χ1n) is 6.98. The third-order valence-electron chi connectivity index (χ3n) is 5.66. The second-order valence-corrected chi connectivity index (χ2v) is 7.69. The Kier molecular flexibility index (Phi) is 2.09. The predicted molar refractivity (Wildman–Crippen MR) is 70.0 cm³/mol. The Morgan fingerprint density at radius 2 is 2.12 bits per heavy atom. The molecule has 5 atom stereocenters. The first kappa shape index (κ1) is 10.6. The molecule has 1 nitrogen and oxygen atoms in total. The first-order chi connectivity index (χ1) is 8.18. The van der Waals surface area contributed by atoms with Crippen molar-refractivity contribution < 1.29 is 5.11 Å². The van der Waals surface area contributed by atoms with E-state index in [0.717, 1.165) is 24.2 Å². The summed E-state index contributed by atoms with van der Waals surface area (Å²) in [7, 11) is 0. The molecule has 3 aliphatic rings. The summed E-state index contributed by atoms with van der Waals surface area (Å²) < 4.78 is 0. The summed E-state index contributed by atoms with van der Waals surface area (Å²) in [5, 5.41) is 11.1. The van der Waals surface area contributed by atoms with E-state index in [1.807, 2.05) is 11.3 Å². The van der Waals surface area contributed by atoms with Crippen LogP contribution >= 0.6 is 11.3 Å². The van der Waals surface area contributed by atoms with Crippen molar-refractivity contribution in [2.45, 2.75) is 44.6 Å². The van der Waals surface area contributed by atoms with Gasteiger partial charge in [0.2, 0.25) is 0 Å². The van der Waals surface area contributed by atoms with Gasteiger partial charge in [0.25, 0.3) is 0 Å². The second-order valence-electron chi connectivity index (χ2n) is 6.40. The molecule has 3 aliphatic carbocycles. The van der Waals surface area contributed by atoms with E-state index in [1.54, 1.807) is 0 Å². The maximum absolute atomic E-state index is 11.1. The van der Waals surface area contributed by atoms with Crippen molar-refractivity contribution in [3.8, 4) is 0 Å².